The predicted octanol–water partition coefficient (Wildman–Crippen LogP) is 0.948. The molecule has 1 amide bonds. The third kappa shape index (κ3) is 8.67. The fourth-order valence-corrected chi connectivity index (χ4v) is 2.22. The molecule has 21 heavy (non-hydrogen) atoms. The highest BCUT2D eigenvalue weighted by Crippen LogP contribution is 2.01. The van der Waals surface area contributed by atoms with Crippen LogP contribution in [-0.2, 0) is 19.1 Å². The van der Waals surface area contributed by atoms with Gasteiger partial charge in [-0.25, -0.2) is 0 Å². The predicted molar refractivity (Wildman–Crippen MR) is 80.0 cm³/mol. The number of nitrogens with zero attached hydrogens (tertiary/aromatic N) is 1. The molecule has 0 atom stereocenters. The van der Waals surface area contributed by atoms with Crippen LogP contribution in [0.1, 0.15) is 39.0 Å². The van der Waals surface area contributed by atoms with Gasteiger partial charge in [0.05, 0.1) is 19.8 Å². The van der Waals surface area contributed by atoms with Gasteiger partial charge in [-0.2, -0.15) is 0 Å². The molecule has 0 aromatic rings. The zero-order valence-corrected chi connectivity index (χ0v) is 13.1. The minimum absolute atomic E-state index is 0.110. The highest BCUT2D eigenvalue weighted by atomic mass is 16.5. The van der Waals surface area contributed by atoms with Crippen LogP contribution in [0.3, 0.4) is 0 Å². The Balaban J connectivity index is 1.88. The van der Waals surface area contributed by atoms with E-state index in [1.54, 1.807) is 0 Å². The molecule has 6 nitrogen and oxygen atoms in total. The lowest BCUT2D eigenvalue weighted by Gasteiger charge is -2.26. The van der Waals surface area contributed by atoms with E-state index in [2.05, 4.69) is 5.32 Å². The molecule has 122 valence electrons. The van der Waals surface area contributed by atoms with Crippen LogP contribution in [-0.4, -0.2) is 62.8 Å². The van der Waals surface area contributed by atoms with Crippen LogP contribution in [0.5, 0.6) is 0 Å². The fraction of sp³-hybridized carbons (Fsp3) is 0.867. The highest BCUT2D eigenvalue weighted by molar-refractivity contribution is 5.76. The minimum Gasteiger partial charge on any atom is -0.466 e. The summed E-state index contributed by atoms with van der Waals surface area (Å²) in [5.74, 6) is 0.0923. The quantitative estimate of drug-likeness (QED) is 0.480. The summed E-state index contributed by atoms with van der Waals surface area (Å²) in [5, 5.41) is 3.27. The number of ether oxygens (including phenoxy) is 2. The van der Waals surface area contributed by atoms with Gasteiger partial charge in [-0.15, -0.1) is 0 Å². The average molecular weight is 300 g/mol. The molecule has 1 aliphatic heterocycles. The Morgan fingerprint density at radius 1 is 1.10 bits per heavy atom. The maximum atomic E-state index is 11.8. The Hall–Kier alpha value is -1.14. The summed E-state index contributed by atoms with van der Waals surface area (Å²) in [6.07, 6.45) is 3.94. The molecule has 0 aliphatic carbocycles. The van der Waals surface area contributed by atoms with E-state index in [1.807, 2.05) is 11.8 Å². The lowest BCUT2D eigenvalue weighted by Crippen LogP contribution is -2.41. The second kappa shape index (κ2) is 11.5. The Labute approximate surface area is 127 Å². The van der Waals surface area contributed by atoms with Crippen molar-refractivity contribution in [2.75, 3.05) is 46.0 Å². The number of esters is 1. The fourth-order valence-electron chi connectivity index (χ4n) is 2.22. The standard InChI is InChI=1S/C15H28N2O4/c1-2-21-15(19)6-4-3-5-8-16-9-7-14(18)17-10-12-20-13-11-17/h16H,2-13H2,1H3. The molecule has 0 aromatic heterocycles. The van der Waals surface area contributed by atoms with Gasteiger partial charge in [0.1, 0.15) is 0 Å². The van der Waals surface area contributed by atoms with E-state index >= 15 is 0 Å². The Morgan fingerprint density at radius 3 is 2.57 bits per heavy atom. The molecule has 0 aromatic carbocycles. The van der Waals surface area contributed by atoms with E-state index < -0.39 is 0 Å². The van der Waals surface area contributed by atoms with Gasteiger partial charge >= 0.3 is 5.97 Å². The SMILES string of the molecule is CCOC(=O)CCCCCNCCC(=O)N1CCOCC1. The van der Waals surface area contributed by atoms with E-state index in [9.17, 15) is 9.59 Å². The number of morpholine rings is 1. The van der Waals surface area contributed by atoms with E-state index in [1.165, 1.54) is 0 Å². The number of hydrogen-bond acceptors (Lipinski definition) is 5. The molecule has 1 heterocycles. The molecule has 0 spiro atoms. The van der Waals surface area contributed by atoms with Crippen molar-refractivity contribution in [3.63, 3.8) is 0 Å². The lowest BCUT2D eigenvalue weighted by atomic mass is 10.2. The number of rotatable bonds is 10. The molecule has 0 bridgehead atoms. The van der Waals surface area contributed by atoms with Crippen molar-refractivity contribution in [3.8, 4) is 0 Å². The van der Waals surface area contributed by atoms with Gasteiger partial charge in [0.15, 0.2) is 0 Å². The smallest absolute Gasteiger partial charge is 0.305 e. The average Bonchev–Trinajstić information content (AvgIpc) is 2.51. The Kier molecular flexibility index (Phi) is 9.82. The third-order valence-corrected chi connectivity index (χ3v) is 3.42. The van der Waals surface area contributed by atoms with Crippen molar-refractivity contribution in [3.05, 3.63) is 0 Å². The summed E-state index contributed by atoms with van der Waals surface area (Å²) in [5.41, 5.74) is 0. The first-order valence-electron chi connectivity index (χ1n) is 7.96. The van der Waals surface area contributed by atoms with Gasteiger partial charge in [-0.05, 0) is 26.3 Å². The van der Waals surface area contributed by atoms with Crippen molar-refractivity contribution in [2.24, 2.45) is 0 Å². The van der Waals surface area contributed by atoms with Crippen LogP contribution in [0.25, 0.3) is 0 Å². The summed E-state index contributed by atoms with van der Waals surface area (Å²) < 4.78 is 10.1. The Morgan fingerprint density at radius 2 is 1.86 bits per heavy atom. The summed E-state index contributed by atoms with van der Waals surface area (Å²) >= 11 is 0. The first-order valence-corrected chi connectivity index (χ1v) is 7.96. The van der Waals surface area contributed by atoms with Crippen LogP contribution in [0.4, 0.5) is 0 Å². The summed E-state index contributed by atoms with van der Waals surface area (Å²) in [6.45, 7) is 6.61. The first kappa shape index (κ1) is 17.9. The van der Waals surface area contributed by atoms with Gasteiger partial charge in [0.25, 0.3) is 0 Å². The summed E-state index contributed by atoms with van der Waals surface area (Å²) in [6, 6.07) is 0. The Bertz CT molecular complexity index is 304. The number of amides is 1. The van der Waals surface area contributed by atoms with Crippen molar-refractivity contribution < 1.29 is 19.1 Å². The maximum absolute atomic E-state index is 11.8. The largest absolute Gasteiger partial charge is 0.466 e. The number of carbonyl (C=O) groups is 2. The normalized spacial score (nSPS) is 15.0. The maximum Gasteiger partial charge on any atom is 0.305 e. The number of nitrogens with one attached hydrogen (secondary N) is 1. The van der Waals surface area contributed by atoms with Crippen LogP contribution in [0.2, 0.25) is 0 Å². The molecular weight excluding hydrogens is 272 g/mol. The van der Waals surface area contributed by atoms with E-state index in [4.69, 9.17) is 9.47 Å². The molecule has 1 rings (SSSR count). The summed E-state index contributed by atoms with van der Waals surface area (Å²) in [7, 11) is 0. The molecule has 1 N–H and O–H groups in total. The monoisotopic (exact) mass is 300 g/mol. The van der Waals surface area contributed by atoms with Crippen LogP contribution < -0.4 is 5.32 Å². The third-order valence-electron chi connectivity index (χ3n) is 3.42. The molecule has 0 unspecified atom stereocenters. The zero-order valence-electron chi connectivity index (χ0n) is 13.1. The van der Waals surface area contributed by atoms with Crippen molar-refractivity contribution in [1.29, 1.82) is 0 Å². The van der Waals surface area contributed by atoms with Gasteiger partial charge in [0.2, 0.25) is 5.91 Å². The number of carbonyl (C=O) groups excluding carboxylic acids is 2. The van der Waals surface area contributed by atoms with Crippen LogP contribution in [0, 0.1) is 0 Å². The number of hydrogen-bond donors (Lipinski definition) is 1. The van der Waals surface area contributed by atoms with Gasteiger partial charge in [0, 0.05) is 32.5 Å². The highest BCUT2D eigenvalue weighted by Gasteiger charge is 2.15. The number of unbranched alkanes of at least 4 members (excludes halogenated alkanes) is 2. The molecule has 0 radical (unpaired) electrons. The van der Waals surface area contributed by atoms with Crippen molar-refractivity contribution in [1.82, 2.24) is 10.2 Å². The van der Waals surface area contributed by atoms with Gasteiger partial charge in [-0.1, -0.05) is 6.42 Å². The molecule has 6 heteroatoms. The molecule has 1 aliphatic rings. The molecule has 1 saturated heterocycles. The minimum atomic E-state index is -0.110. The lowest BCUT2D eigenvalue weighted by molar-refractivity contribution is -0.143. The van der Waals surface area contributed by atoms with Gasteiger partial charge < -0.3 is 19.7 Å². The second-order valence-corrected chi connectivity index (χ2v) is 5.11. The van der Waals surface area contributed by atoms with Crippen molar-refractivity contribution >= 4 is 11.9 Å². The zero-order chi connectivity index (χ0) is 15.3. The molecule has 1 fully saturated rings. The van der Waals surface area contributed by atoms with Gasteiger partial charge in [-0.3, -0.25) is 9.59 Å². The van der Waals surface area contributed by atoms with E-state index in [-0.39, 0.29) is 11.9 Å². The van der Waals surface area contributed by atoms with Crippen LogP contribution >= 0.6 is 0 Å². The summed E-state index contributed by atoms with van der Waals surface area (Å²) in [4.78, 5) is 24.8. The van der Waals surface area contributed by atoms with E-state index in [0.29, 0.717) is 52.3 Å². The topological polar surface area (TPSA) is 67.9 Å². The van der Waals surface area contributed by atoms with E-state index in [0.717, 1.165) is 25.8 Å². The second-order valence-electron chi connectivity index (χ2n) is 5.11. The van der Waals surface area contributed by atoms with Crippen molar-refractivity contribution in [2.45, 2.75) is 39.0 Å². The molecule has 0 saturated carbocycles. The van der Waals surface area contributed by atoms with Crippen LogP contribution in [0.15, 0.2) is 0 Å². The molecular formula is C15H28N2O4. The first-order chi connectivity index (χ1) is 10.2.